The first-order valence-electron chi connectivity index (χ1n) is 6.01. The Hall–Kier alpha value is -2.01. The van der Waals surface area contributed by atoms with Gasteiger partial charge >= 0.3 is 0 Å². The Kier molecular flexibility index (Phi) is 5.01. The molecule has 0 unspecified atom stereocenters. The number of halogens is 1. The molecule has 20 heavy (non-hydrogen) atoms. The minimum Gasteiger partial charge on any atom is -0.493 e. The molecule has 0 spiro atoms. The highest BCUT2D eigenvalue weighted by molar-refractivity contribution is 9.10. The van der Waals surface area contributed by atoms with Crippen molar-refractivity contribution in [3.05, 3.63) is 58.1 Å². The van der Waals surface area contributed by atoms with E-state index in [2.05, 4.69) is 21.0 Å². The van der Waals surface area contributed by atoms with E-state index in [9.17, 15) is 0 Å². The van der Waals surface area contributed by atoms with Crippen LogP contribution in [0.2, 0.25) is 0 Å². The summed E-state index contributed by atoms with van der Waals surface area (Å²) in [7, 11) is 1.60. The number of hydrazone groups is 1. The van der Waals surface area contributed by atoms with Gasteiger partial charge in [0.25, 0.3) is 0 Å². The summed E-state index contributed by atoms with van der Waals surface area (Å²) in [5, 5.41) is 3.49. The largest absolute Gasteiger partial charge is 0.493 e. The zero-order valence-corrected chi connectivity index (χ0v) is 12.6. The Morgan fingerprint density at radius 3 is 2.75 bits per heavy atom. The molecule has 104 valence electrons. The number of methoxy groups -OCH3 is 1. The normalized spacial score (nSPS) is 10.7. The number of hydrogen-bond acceptors (Lipinski definition) is 4. The van der Waals surface area contributed by atoms with Gasteiger partial charge in [0.1, 0.15) is 6.61 Å². The van der Waals surface area contributed by atoms with Crippen molar-refractivity contribution in [1.29, 1.82) is 0 Å². The lowest BCUT2D eigenvalue weighted by Crippen LogP contribution is -1.98. The van der Waals surface area contributed by atoms with Crippen molar-refractivity contribution >= 4 is 22.1 Å². The van der Waals surface area contributed by atoms with Gasteiger partial charge in [-0.1, -0.05) is 28.1 Å². The number of benzene rings is 2. The van der Waals surface area contributed by atoms with Gasteiger partial charge in [-0.2, -0.15) is 5.10 Å². The fourth-order valence-corrected chi connectivity index (χ4v) is 2.20. The van der Waals surface area contributed by atoms with E-state index in [0.29, 0.717) is 18.1 Å². The lowest BCUT2D eigenvalue weighted by atomic mass is 10.2. The first kappa shape index (κ1) is 14.4. The fraction of sp³-hybridized carbons (Fsp3) is 0.133. The second-order valence-electron chi connectivity index (χ2n) is 4.11. The lowest BCUT2D eigenvalue weighted by molar-refractivity contribution is 0.284. The second-order valence-corrected chi connectivity index (χ2v) is 5.02. The van der Waals surface area contributed by atoms with Crippen LogP contribution in [0.1, 0.15) is 11.1 Å². The highest BCUT2D eigenvalue weighted by atomic mass is 79.9. The monoisotopic (exact) mass is 334 g/mol. The van der Waals surface area contributed by atoms with Crippen molar-refractivity contribution in [3.63, 3.8) is 0 Å². The van der Waals surface area contributed by atoms with Gasteiger partial charge in [0.05, 0.1) is 13.3 Å². The third-order valence-electron chi connectivity index (χ3n) is 2.69. The van der Waals surface area contributed by atoms with Crippen molar-refractivity contribution in [2.75, 3.05) is 7.11 Å². The molecule has 0 saturated heterocycles. The van der Waals surface area contributed by atoms with Crippen molar-refractivity contribution < 1.29 is 9.47 Å². The fourth-order valence-electron chi connectivity index (χ4n) is 1.76. The van der Waals surface area contributed by atoms with E-state index in [1.54, 1.807) is 13.3 Å². The summed E-state index contributed by atoms with van der Waals surface area (Å²) >= 11 is 3.44. The van der Waals surface area contributed by atoms with Gasteiger partial charge in [-0.25, -0.2) is 0 Å². The molecule has 2 aromatic rings. The second kappa shape index (κ2) is 6.96. The highest BCUT2D eigenvalue weighted by Crippen LogP contribution is 2.28. The number of nitrogens with two attached hydrogens (primary N) is 1. The van der Waals surface area contributed by atoms with E-state index in [4.69, 9.17) is 15.3 Å². The van der Waals surface area contributed by atoms with Crippen molar-refractivity contribution in [2.45, 2.75) is 6.61 Å². The number of rotatable bonds is 5. The SMILES string of the molecule is COc1cc(C=NN)ccc1OCc1cccc(Br)c1. The third-order valence-corrected chi connectivity index (χ3v) is 3.19. The molecule has 0 aliphatic heterocycles. The van der Waals surface area contributed by atoms with E-state index in [1.165, 1.54) is 0 Å². The summed E-state index contributed by atoms with van der Waals surface area (Å²) in [4.78, 5) is 0. The molecule has 4 nitrogen and oxygen atoms in total. The summed E-state index contributed by atoms with van der Waals surface area (Å²) in [5.41, 5.74) is 1.94. The minimum atomic E-state index is 0.472. The average molecular weight is 335 g/mol. The number of nitrogens with zero attached hydrogens (tertiary/aromatic N) is 1. The smallest absolute Gasteiger partial charge is 0.161 e. The standard InChI is InChI=1S/C15H15BrN2O2/c1-19-15-8-11(9-18-17)5-6-14(15)20-10-12-3-2-4-13(16)7-12/h2-9H,10,17H2,1H3. The zero-order valence-electron chi connectivity index (χ0n) is 11.0. The quantitative estimate of drug-likeness (QED) is 0.518. The molecule has 0 aromatic heterocycles. The summed E-state index contributed by atoms with van der Waals surface area (Å²) in [5.74, 6) is 6.46. The zero-order chi connectivity index (χ0) is 14.4. The van der Waals surface area contributed by atoms with Crippen LogP contribution in [0.15, 0.2) is 52.0 Å². The van der Waals surface area contributed by atoms with E-state index in [-0.39, 0.29) is 0 Å². The molecule has 2 aromatic carbocycles. The van der Waals surface area contributed by atoms with Crippen molar-refractivity contribution in [2.24, 2.45) is 10.9 Å². The van der Waals surface area contributed by atoms with Gasteiger partial charge in [-0.15, -0.1) is 0 Å². The van der Waals surface area contributed by atoms with Gasteiger partial charge < -0.3 is 15.3 Å². The van der Waals surface area contributed by atoms with E-state index >= 15 is 0 Å². The van der Waals surface area contributed by atoms with Crippen LogP contribution in [-0.2, 0) is 6.61 Å². The highest BCUT2D eigenvalue weighted by Gasteiger charge is 2.05. The van der Waals surface area contributed by atoms with E-state index in [1.807, 2.05) is 42.5 Å². The maximum atomic E-state index is 5.78. The molecule has 0 fully saturated rings. The first-order valence-corrected chi connectivity index (χ1v) is 6.81. The molecule has 0 amide bonds. The Morgan fingerprint density at radius 2 is 2.05 bits per heavy atom. The van der Waals surface area contributed by atoms with Crippen LogP contribution in [0.3, 0.4) is 0 Å². The Balaban J connectivity index is 2.13. The van der Waals surface area contributed by atoms with Gasteiger partial charge in [-0.05, 0) is 41.5 Å². The van der Waals surface area contributed by atoms with Gasteiger partial charge in [0, 0.05) is 4.47 Å². The molecule has 0 atom stereocenters. The molecule has 2 N–H and O–H groups in total. The van der Waals surface area contributed by atoms with Crippen LogP contribution in [0.25, 0.3) is 0 Å². The predicted octanol–water partition coefficient (Wildman–Crippen LogP) is 3.33. The summed E-state index contributed by atoms with van der Waals surface area (Å²) < 4.78 is 12.1. The van der Waals surface area contributed by atoms with Gasteiger partial charge in [0.15, 0.2) is 11.5 Å². The molecule has 0 aliphatic rings. The Bertz CT molecular complexity index is 615. The van der Waals surface area contributed by atoms with Crippen LogP contribution in [0.4, 0.5) is 0 Å². The third kappa shape index (κ3) is 3.74. The van der Waals surface area contributed by atoms with Gasteiger partial charge in [-0.3, -0.25) is 0 Å². The number of hydrogen-bond donors (Lipinski definition) is 1. The summed E-state index contributed by atoms with van der Waals surface area (Å²) in [6.45, 7) is 0.472. The molecule has 0 saturated carbocycles. The topological polar surface area (TPSA) is 56.8 Å². The van der Waals surface area contributed by atoms with Crippen LogP contribution >= 0.6 is 15.9 Å². The Morgan fingerprint density at radius 1 is 1.20 bits per heavy atom. The van der Waals surface area contributed by atoms with Crippen molar-refractivity contribution in [1.82, 2.24) is 0 Å². The lowest BCUT2D eigenvalue weighted by Gasteiger charge is -2.11. The molecule has 0 heterocycles. The van der Waals surface area contributed by atoms with E-state index in [0.717, 1.165) is 15.6 Å². The Labute approximate surface area is 126 Å². The van der Waals surface area contributed by atoms with E-state index < -0.39 is 0 Å². The molecule has 2 rings (SSSR count). The molecule has 0 radical (unpaired) electrons. The van der Waals surface area contributed by atoms with Crippen LogP contribution in [0.5, 0.6) is 11.5 Å². The molecular formula is C15H15BrN2O2. The molecule has 5 heteroatoms. The molecule has 0 aliphatic carbocycles. The summed E-state index contributed by atoms with van der Waals surface area (Å²) in [6.07, 6.45) is 1.56. The first-order chi connectivity index (χ1) is 9.72. The van der Waals surface area contributed by atoms with Crippen LogP contribution in [0, 0.1) is 0 Å². The van der Waals surface area contributed by atoms with Gasteiger partial charge in [0.2, 0.25) is 0 Å². The van der Waals surface area contributed by atoms with Crippen molar-refractivity contribution in [3.8, 4) is 11.5 Å². The maximum Gasteiger partial charge on any atom is 0.161 e. The average Bonchev–Trinajstić information content (AvgIpc) is 2.46. The maximum absolute atomic E-state index is 5.78. The minimum absolute atomic E-state index is 0.472. The predicted molar refractivity (Wildman–Crippen MR) is 83.2 cm³/mol. The molecular weight excluding hydrogens is 320 g/mol. The number of ether oxygens (including phenoxy) is 2. The van der Waals surface area contributed by atoms with Crippen LogP contribution < -0.4 is 15.3 Å². The molecule has 0 bridgehead atoms. The van der Waals surface area contributed by atoms with Crippen LogP contribution in [-0.4, -0.2) is 13.3 Å². The summed E-state index contributed by atoms with van der Waals surface area (Å²) in [6, 6.07) is 13.5.